The SMILES string of the molecule is FC(F)c1nnc2ccc(N3CCCC(c4n[nH]c(C5CCCCC5)n4)C3)nn12. The van der Waals surface area contributed by atoms with Gasteiger partial charge < -0.3 is 4.90 Å². The molecule has 1 saturated carbocycles. The molecule has 4 heterocycles. The summed E-state index contributed by atoms with van der Waals surface area (Å²) in [5, 5.41) is 19.4. The maximum absolute atomic E-state index is 13.1. The largest absolute Gasteiger partial charge is 0.354 e. The van der Waals surface area contributed by atoms with Crippen LogP contribution in [0.1, 0.15) is 80.7 Å². The molecule has 0 aromatic carbocycles. The highest BCUT2D eigenvalue weighted by atomic mass is 19.3. The van der Waals surface area contributed by atoms with E-state index in [2.05, 4.69) is 30.4 Å². The molecule has 154 valence electrons. The Morgan fingerprint density at radius 2 is 1.83 bits per heavy atom. The summed E-state index contributed by atoms with van der Waals surface area (Å²) in [5.74, 6) is 2.78. The molecule has 2 fully saturated rings. The zero-order chi connectivity index (χ0) is 19.8. The van der Waals surface area contributed by atoms with Crippen LogP contribution in [0.2, 0.25) is 0 Å². The number of aromatic amines is 1. The number of aromatic nitrogens is 7. The number of fused-ring (bicyclic) bond motifs is 1. The molecule has 1 aliphatic carbocycles. The lowest BCUT2D eigenvalue weighted by molar-refractivity contribution is 0.137. The molecule has 1 unspecified atom stereocenters. The van der Waals surface area contributed by atoms with Crippen molar-refractivity contribution in [3.8, 4) is 0 Å². The molecule has 0 amide bonds. The topological polar surface area (TPSA) is 87.9 Å². The van der Waals surface area contributed by atoms with Gasteiger partial charge in [0, 0.05) is 24.9 Å². The lowest BCUT2D eigenvalue weighted by Gasteiger charge is -2.32. The highest BCUT2D eigenvalue weighted by Gasteiger charge is 2.28. The Hall–Kier alpha value is -2.65. The number of anilines is 1. The normalized spacial score (nSPS) is 21.3. The maximum Gasteiger partial charge on any atom is 0.299 e. The molecule has 3 aromatic rings. The van der Waals surface area contributed by atoms with Crippen LogP contribution in [0.5, 0.6) is 0 Å². The first-order chi connectivity index (χ1) is 14.2. The van der Waals surface area contributed by atoms with Gasteiger partial charge in [0.2, 0.25) is 5.82 Å². The summed E-state index contributed by atoms with van der Waals surface area (Å²) in [6, 6.07) is 3.49. The molecule has 1 N–H and O–H groups in total. The van der Waals surface area contributed by atoms with Crippen LogP contribution >= 0.6 is 0 Å². The molecule has 3 aromatic heterocycles. The molecule has 2 aliphatic rings. The average Bonchev–Trinajstić information content (AvgIpc) is 3.41. The van der Waals surface area contributed by atoms with Gasteiger partial charge in [-0.05, 0) is 37.8 Å². The number of rotatable bonds is 4. The van der Waals surface area contributed by atoms with Crippen molar-refractivity contribution in [1.29, 1.82) is 0 Å². The molecule has 10 heteroatoms. The molecular formula is C19H24F2N8. The highest BCUT2D eigenvalue weighted by molar-refractivity contribution is 5.46. The quantitative estimate of drug-likeness (QED) is 0.717. The van der Waals surface area contributed by atoms with E-state index in [-0.39, 0.29) is 5.92 Å². The predicted octanol–water partition coefficient (Wildman–Crippen LogP) is 3.61. The third-order valence-corrected chi connectivity index (χ3v) is 6.09. The minimum atomic E-state index is -2.71. The number of alkyl halides is 2. The number of nitrogens with zero attached hydrogens (tertiary/aromatic N) is 7. The second-order valence-corrected chi connectivity index (χ2v) is 8.02. The lowest BCUT2D eigenvalue weighted by Crippen LogP contribution is -2.35. The number of hydrogen-bond acceptors (Lipinski definition) is 6. The summed E-state index contributed by atoms with van der Waals surface area (Å²) in [5.41, 5.74) is 0.323. The predicted molar refractivity (Wildman–Crippen MR) is 102 cm³/mol. The van der Waals surface area contributed by atoms with Crippen molar-refractivity contribution in [2.45, 2.75) is 63.2 Å². The molecule has 8 nitrogen and oxygen atoms in total. The van der Waals surface area contributed by atoms with E-state index in [4.69, 9.17) is 4.98 Å². The van der Waals surface area contributed by atoms with Crippen LogP contribution in [-0.4, -0.2) is 48.1 Å². The van der Waals surface area contributed by atoms with Gasteiger partial charge in [-0.2, -0.15) is 9.61 Å². The molecule has 0 radical (unpaired) electrons. The number of H-pyrrole nitrogens is 1. The number of nitrogens with one attached hydrogen (secondary N) is 1. The summed E-state index contributed by atoms with van der Waals surface area (Å²) in [4.78, 5) is 6.94. The Bertz CT molecular complexity index is 978. The number of hydrogen-bond donors (Lipinski definition) is 1. The van der Waals surface area contributed by atoms with Gasteiger partial charge in [-0.25, -0.2) is 13.8 Å². The van der Waals surface area contributed by atoms with Crippen molar-refractivity contribution in [2.75, 3.05) is 18.0 Å². The smallest absolute Gasteiger partial charge is 0.299 e. The van der Waals surface area contributed by atoms with E-state index in [0.717, 1.165) is 35.6 Å². The third-order valence-electron chi connectivity index (χ3n) is 6.09. The fraction of sp³-hybridized carbons (Fsp3) is 0.632. The van der Waals surface area contributed by atoms with Gasteiger partial charge in [-0.3, -0.25) is 5.10 Å². The second-order valence-electron chi connectivity index (χ2n) is 8.02. The van der Waals surface area contributed by atoms with Crippen molar-refractivity contribution in [3.05, 3.63) is 29.6 Å². The summed E-state index contributed by atoms with van der Waals surface area (Å²) in [6.07, 6.45) is 5.46. The molecule has 0 bridgehead atoms. The van der Waals surface area contributed by atoms with Crippen molar-refractivity contribution >= 4 is 11.5 Å². The zero-order valence-corrected chi connectivity index (χ0v) is 16.1. The minimum absolute atomic E-state index is 0.199. The van der Waals surface area contributed by atoms with E-state index in [9.17, 15) is 8.78 Å². The Kier molecular flexibility index (Phi) is 4.84. The van der Waals surface area contributed by atoms with Crippen molar-refractivity contribution < 1.29 is 8.78 Å². The zero-order valence-electron chi connectivity index (χ0n) is 16.1. The van der Waals surface area contributed by atoms with Gasteiger partial charge in [-0.15, -0.1) is 15.3 Å². The average molecular weight is 402 g/mol. The highest BCUT2D eigenvalue weighted by Crippen LogP contribution is 2.33. The van der Waals surface area contributed by atoms with E-state index in [1.54, 1.807) is 6.07 Å². The fourth-order valence-electron chi connectivity index (χ4n) is 4.53. The van der Waals surface area contributed by atoms with Gasteiger partial charge in [0.15, 0.2) is 11.5 Å². The molecule has 5 rings (SSSR count). The second kappa shape index (κ2) is 7.64. The number of piperidine rings is 1. The number of halogens is 2. The first kappa shape index (κ1) is 18.4. The van der Waals surface area contributed by atoms with Gasteiger partial charge in [0.05, 0.1) is 0 Å². The molecule has 29 heavy (non-hydrogen) atoms. The van der Waals surface area contributed by atoms with Crippen molar-refractivity contribution in [3.63, 3.8) is 0 Å². The van der Waals surface area contributed by atoms with Crippen molar-refractivity contribution in [2.24, 2.45) is 0 Å². The fourth-order valence-corrected chi connectivity index (χ4v) is 4.53. The van der Waals surface area contributed by atoms with Crippen LogP contribution in [0.15, 0.2) is 12.1 Å². The minimum Gasteiger partial charge on any atom is -0.354 e. The maximum atomic E-state index is 13.1. The van der Waals surface area contributed by atoms with Crippen LogP contribution in [0.3, 0.4) is 0 Å². The third kappa shape index (κ3) is 3.56. The lowest BCUT2D eigenvalue weighted by atomic mass is 9.89. The molecule has 1 saturated heterocycles. The van der Waals surface area contributed by atoms with Crippen LogP contribution in [-0.2, 0) is 0 Å². The summed E-state index contributed by atoms with van der Waals surface area (Å²) in [7, 11) is 0. The van der Waals surface area contributed by atoms with Gasteiger partial charge in [-0.1, -0.05) is 19.3 Å². The molecular weight excluding hydrogens is 378 g/mol. The summed E-state index contributed by atoms with van der Waals surface area (Å²) in [6.45, 7) is 1.54. The van der Waals surface area contributed by atoms with Crippen LogP contribution < -0.4 is 4.90 Å². The monoisotopic (exact) mass is 402 g/mol. The Balaban J connectivity index is 1.35. The van der Waals surface area contributed by atoms with E-state index < -0.39 is 12.2 Å². The van der Waals surface area contributed by atoms with E-state index in [0.29, 0.717) is 23.9 Å². The van der Waals surface area contributed by atoms with Crippen LogP contribution in [0.4, 0.5) is 14.6 Å². The standard InChI is InChI=1S/C19H24F2N8/c20-16(21)19-26-23-14-8-9-15(27-29(14)19)28-10-4-7-13(11-28)18-22-17(24-25-18)12-5-2-1-3-6-12/h8-9,12-13,16H,1-7,10-11H2,(H,22,24,25). The van der Waals surface area contributed by atoms with Crippen LogP contribution in [0, 0.1) is 0 Å². The summed E-state index contributed by atoms with van der Waals surface area (Å²) < 4.78 is 27.4. The van der Waals surface area contributed by atoms with E-state index in [1.165, 1.54) is 32.1 Å². The Morgan fingerprint density at radius 3 is 2.66 bits per heavy atom. The Morgan fingerprint density at radius 1 is 1.00 bits per heavy atom. The van der Waals surface area contributed by atoms with Gasteiger partial charge in [0.1, 0.15) is 11.6 Å². The van der Waals surface area contributed by atoms with Crippen molar-refractivity contribution in [1.82, 2.24) is 35.0 Å². The van der Waals surface area contributed by atoms with E-state index in [1.807, 2.05) is 6.07 Å². The molecule has 0 spiro atoms. The molecule has 1 atom stereocenters. The van der Waals surface area contributed by atoms with E-state index >= 15 is 0 Å². The summed E-state index contributed by atoms with van der Waals surface area (Å²) >= 11 is 0. The Labute approximate surface area is 166 Å². The van der Waals surface area contributed by atoms with Gasteiger partial charge in [0.25, 0.3) is 6.43 Å². The molecule has 1 aliphatic heterocycles. The first-order valence-corrected chi connectivity index (χ1v) is 10.4. The van der Waals surface area contributed by atoms with Gasteiger partial charge >= 0.3 is 0 Å². The first-order valence-electron chi connectivity index (χ1n) is 10.4. The van der Waals surface area contributed by atoms with Crippen LogP contribution in [0.25, 0.3) is 5.65 Å².